The molecule has 0 fully saturated rings. The summed E-state index contributed by atoms with van der Waals surface area (Å²) in [6, 6.07) is 5.10. The smallest absolute Gasteiger partial charge is 0.196 e. The van der Waals surface area contributed by atoms with Gasteiger partial charge in [-0.15, -0.1) is 0 Å². The molecule has 0 saturated heterocycles. The monoisotopic (exact) mass is 250 g/mol. The number of carbonyl (C=O) groups is 1. The van der Waals surface area contributed by atoms with Crippen LogP contribution in [0.4, 0.5) is 10.1 Å². The van der Waals surface area contributed by atoms with E-state index in [0.717, 1.165) is 6.07 Å². The van der Waals surface area contributed by atoms with Gasteiger partial charge in [0, 0.05) is 17.3 Å². The number of nitrogen functional groups attached to an aromatic ring is 1. The van der Waals surface area contributed by atoms with E-state index in [0.29, 0.717) is 5.56 Å². The first-order valence-corrected chi connectivity index (χ1v) is 5.16. The van der Waals surface area contributed by atoms with Gasteiger partial charge < -0.3 is 5.73 Å². The van der Waals surface area contributed by atoms with Crippen LogP contribution in [0.2, 0.25) is 5.02 Å². The van der Waals surface area contributed by atoms with Crippen molar-refractivity contribution in [3.05, 3.63) is 58.6 Å². The van der Waals surface area contributed by atoms with Crippen LogP contribution in [0.3, 0.4) is 0 Å². The van der Waals surface area contributed by atoms with Gasteiger partial charge >= 0.3 is 0 Å². The molecule has 1 aromatic heterocycles. The Balaban J connectivity index is 2.48. The molecule has 0 radical (unpaired) electrons. The van der Waals surface area contributed by atoms with Gasteiger partial charge in [-0.05, 0) is 24.3 Å². The number of nitrogens with two attached hydrogens (primary N) is 1. The third kappa shape index (κ3) is 2.26. The average molecular weight is 251 g/mol. The Morgan fingerprint density at radius 1 is 1.29 bits per heavy atom. The summed E-state index contributed by atoms with van der Waals surface area (Å²) in [5.74, 6) is -0.843. The number of halogens is 2. The molecule has 0 spiro atoms. The summed E-state index contributed by atoms with van der Waals surface area (Å²) in [6.45, 7) is 0. The standard InChI is InChI=1S/C12H8ClFN2O/c13-10-5-7(14)1-2-8(10)12(17)9-3-4-16-6-11(9)15/h1-6H,15H2. The fourth-order valence-corrected chi connectivity index (χ4v) is 1.69. The van der Waals surface area contributed by atoms with E-state index in [1.165, 1.54) is 30.6 Å². The maximum absolute atomic E-state index is 12.9. The number of aromatic nitrogens is 1. The lowest BCUT2D eigenvalue weighted by molar-refractivity contribution is 0.103. The Bertz CT molecular complexity index is 586. The van der Waals surface area contributed by atoms with Crippen LogP contribution in [-0.2, 0) is 0 Å². The number of pyridine rings is 1. The quantitative estimate of drug-likeness (QED) is 0.834. The minimum Gasteiger partial charge on any atom is -0.397 e. The Morgan fingerprint density at radius 3 is 2.71 bits per heavy atom. The Morgan fingerprint density at radius 2 is 2.06 bits per heavy atom. The van der Waals surface area contributed by atoms with Crippen molar-refractivity contribution in [1.82, 2.24) is 4.98 Å². The fraction of sp³-hybridized carbons (Fsp3) is 0. The topological polar surface area (TPSA) is 56.0 Å². The van der Waals surface area contributed by atoms with Crippen LogP contribution in [0.25, 0.3) is 0 Å². The van der Waals surface area contributed by atoms with Crippen LogP contribution >= 0.6 is 11.6 Å². The van der Waals surface area contributed by atoms with Gasteiger partial charge in [0.2, 0.25) is 0 Å². The molecule has 0 amide bonds. The summed E-state index contributed by atoms with van der Waals surface area (Å²) >= 11 is 5.81. The van der Waals surface area contributed by atoms with Crippen molar-refractivity contribution < 1.29 is 9.18 Å². The SMILES string of the molecule is Nc1cnccc1C(=O)c1ccc(F)cc1Cl. The first kappa shape index (κ1) is 11.5. The molecule has 0 aliphatic heterocycles. The van der Waals surface area contributed by atoms with Crippen molar-refractivity contribution in [2.45, 2.75) is 0 Å². The summed E-state index contributed by atoms with van der Waals surface area (Å²) < 4.78 is 12.9. The maximum atomic E-state index is 12.9. The molecular weight excluding hydrogens is 243 g/mol. The first-order valence-electron chi connectivity index (χ1n) is 4.79. The van der Waals surface area contributed by atoms with E-state index in [2.05, 4.69) is 4.98 Å². The predicted octanol–water partition coefficient (Wildman–Crippen LogP) is 2.69. The molecule has 5 heteroatoms. The predicted molar refractivity (Wildman–Crippen MR) is 63.5 cm³/mol. The molecule has 2 N–H and O–H groups in total. The second-order valence-electron chi connectivity index (χ2n) is 3.42. The van der Waals surface area contributed by atoms with Crippen molar-refractivity contribution in [2.75, 3.05) is 5.73 Å². The van der Waals surface area contributed by atoms with Gasteiger partial charge in [0.25, 0.3) is 0 Å². The van der Waals surface area contributed by atoms with Gasteiger partial charge in [-0.2, -0.15) is 0 Å². The van der Waals surface area contributed by atoms with Gasteiger partial charge in [-0.25, -0.2) is 4.39 Å². The van der Waals surface area contributed by atoms with Gasteiger partial charge in [-0.1, -0.05) is 11.6 Å². The van der Waals surface area contributed by atoms with E-state index in [-0.39, 0.29) is 22.1 Å². The fourth-order valence-electron chi connectivity index (χ4n) is 1.43. The summed E-state index contributed by atoms with van der Waals surface area (Å²) in [5.41, 5.74) is 6.41. The summed E-state index contributed by atoms with van der Waals surface area (Å²) in [6.07, 6.45) is 2.84. The molecule has 0 bridgehead atoms. The second kappa shape index (κ2) is 4.51. The molecule has 86 valence electrons. The molecule has 0 saturated carbocycles. The van der Waals surface area contributed by atoms with E-state index in [4.69, 9.17) is 17.3 Å². The van der Waals surface area contributed by atoms with Crippen molar-refractivity contribution in [2.24, 2.45) is 0 Å². The first-order chi connectivity index (χ1) is 8.09. The lowest BCUT2D eigenvalue weighted by atomic mass is 10.0. The third-order valence-corrected chi connectivity index (χ3v) is 2.58. The van der Waals surface area contributed by atoms with Crippen LogP contribution in [0, 0.1) is 5.82 Å². The van der Waals surface area contributed by atoms with Crippen molar-refractivity contribution in [3.8, 4) is 0 Å². The highest BCUT2D eigenvalue weighted by molar-refractivity contribution is 6.35. The molecule has 0 aliphatic rings. The number of carbonyl (C=O) groups excluding carboxylic acids is 1. The summed E-state index contributed by atoms with van der Waals surface area (Å²) in [5, 5.41) is 0.0613. The van der Waals surface area contributed by atoms with Gasteiger partial charge in [0.1, 0.15) is 5.82 Å². The molecule has 0 aliphatic carbocycles. The minimum absolute atomic E-state index is 0.0613. The van der Waals surface area contributed by atoms with Crippen LogP contribution in [-0.4, -0.2) is 10.8 Å². The second-order valence-corrected chi connectivity index (χ2v) is 3.82. The number of nitrogens with zero attached hydrogens (tertiary/aromatic N) is 1. The molecular formula is C12H8ClFN2O. The lowest BCUT2D eigenvalue weighted by Gasteiger charge is -2.05. The normalized spacial score (nSPS) is 10.2. The van der Waals surface area contributed by atoms with E-state index in [1.54, 1.807) is 0 Å². The molecule has 0 atom stereocenters. The van der Waals surface area contributed by atoms with E-state index < -0.39 is 5.82 Å². The number of anilines is 1. The maximum Gasteiger partial charge on any atom is 0.196 e. The molecule has 1 heterocycles. The zero-order valence-electron chi connectivity index (χ0n) is 8.65. The zero-order chi connectivity index (χ0) is 12.4. The van der Waals surface area contributed by atoms with Gasteiger partial charge in [-0.3, -0.25) is 9.78 Å². The van der Waals surface area contributed by atoms with Crippen LogP contribution in [0.15, 0.2) is 36.7 Å². The molecule has 3 nitrogen and oxygen atoms in total. The highest BCUT2D eigenvalue weighted by Crippen LogP contribution is 2.22. The molecule has 1 aromatic carbocycles. The number of benzene rings is 1. The number of hydrogen-bond donors (Lipinski definition) is 1. The molecule has 2 rings (SSSR count). The van der Waals surface area contributed by atoms with Crippen LogP contribution < -0.4 is 5.73 Å². The third-order valence-electron chi connectivity index (χ3n) is 2.27. The zero-order valence-corrected chi connectivity index (χ0v) is 9.41. The average Bonchev–Trinajstić information content (AvgIpc) is 2.29. The molecule has 2 aromatic rings. The highest BCUT2D eigenvalue weighted by Gasteiger charge is 2.15. The number of ketones is 1. The summed E-state index contributed by atoms with van der Waals surface area (Å²) in [4.78, 5) is 15.9. The van der Waals surface area contributed by atoms with Gasteiger partial charge in [0.15, 0.2) is 5.78 Å². The van der Waals surface area contributed by atoms with E-state index in [1.807, 2.05) is 0 Å². The number of rotatable bonds is 2. The Hall–Kier alpha value is -1.94. The number of hydrogen-bond acceptors (Lipinski definition) is 3. The Labute approximate surface area is 102 Å². The van der Waals surface area contributed by atoms with E-state index >= 15 is 0 Å². The van der Waals surface area contributed by atoms with Crippen molar-refractivity contribution in [3.63, 3.8) is 0 Å². The molecule has 0 unspecified atom stereocenters. The summed E-state index contributed by atoms with van der Waals surface area (Å²) in [7, 11) is 0. The van der Waals surface area contributed by atoms with Gasteiger partial charge in [0.05, 0.1) is 16.9 Å². The van der Waals surface area contributed by atoms with Crippen LogP contribution in [0.1, 0.15) is 15.9 Å². The highest BCUT2D eigenvalue weighted by atomic mass is 35.5. The Kier molecular flexibility index (Phi) is 3.06. The van der Waals surface area contributed by atoms with Crippen LogP contribution in [0.5, 0.6) is 0 Å². The lowest BCUT2D eigenvalue weighted by Crippen LogP contribution is -2.06. The molecule has 17 heavy (non-hydrogen) atoms. The van der Waals surface area contributed by atoms with E-state index in [9.17, 15) is 9.18 Å². The largest absolute Gasteiger partial charge is 0.397 e. The van der Waals surface area contributed by atoms with Crippen molar-refractivity contribution >= 4 is 23.1 Å². The minimum atomic E-state index is -0.491. The van der Waals surface area contributed by atoms with Crippen molar-refractivity contribution in [1.29, 1.82) is 0 Å².